The maximum Gasteiger partial charge on any atom is 0.308 e. The van der Waals surface area contributed by atoms with Crippen LogP contribution in [0.25, 0.3) is 0 Å². The normalized spacial score (nSPS) is 12.3. The smallest absolute Gasteiger partial charge is 0.308 e. The highest BCUT2D eigenvalue weighted by Gasteiger charge is 2.16. The van der Waals surface area contributed by atoms with Crippen LogP contribution in [-0.4, -0.2) is 11.8 Å². The molecule has 110 valence electrons. The predicted molar refractivity (Wildman–Crippen MR) is 80.0 cm³/mol. The van der Waals surface area contributed by atoms with E-state index in [1.54, 1.807) is 0 Å². The first-order chi connectivity index (χ1) is 9.31. The Morgan fingerprint density at radius 3 is 2.40 bits per heavy atom. The number of ether oxygens (including phenoxy) is 1. The second-order valence-corrected chi connectivity index (χ2v) is 5.70. The Balaban J connectivity index is 2.83. The molecule has 0 amide bonds. The first-order valence-corrected chi connectivity index (χ1v) is 7.13. The van der Waals surface area contributed by atoms with Crippen LogP contribution in [0.5, 0.6) is 5.75 Å². The van der Waals surface area contributed by atoms with Crippen LogP contribution in [0, 0.1) is 12.8 Å². The zero-order chi connectivity index (χ0) is 15.3. The van der Waals surface area contributed by atoms with Crippen LogP contribution in [0.1, 0.15) is 57.6 Å². The zero-order valence-corrected chi connectivity index (χ0v) is 13.0. The fourth-order valence-electron chi connectivity index (χ4n) is 2.09. The predicted octanol–water partition coefficient (Wildman–Crippen LogP) is 4.03. The van der Waals surface area contributed by atoms with E-state index in [4.69, 9.17) is 4.74 Å². The Morgan fingerprint density at radius 2 is 1.85 bits per heavy atom. The van der Waals surface area contributed by atoms with Gasteiger partial charge < -0.3 is 4.74 Å². The first kappa shape index (κ1) is 16.4. The Kier molecular flexibility index (Phi) is 5.93. The summed E-state index contributed by atoms with van der Waals surface area (Å²) >= 11 is 0. The summed E-state index contributed by atoms with van der Waals surface area (Å²) in [7, 11) is 0. The standard InChI is InChI=1S/C17H24O3/c1-11(2)16(19)9-7-13(4)15-8-6-12(3)10-17(15)20-14(5)18/h6,8,10-11,13H,7,9H2,1-5H3/t13-/m0/s1. The van der Waals surface area contributed by atoms with Gasteiger partial charge >= 0.3 is 5.97 Å². The number of benzene rings is 1. The molecule has 0 heterocycles. The molecule has 0 saturated heterocycles. The van der Waals surface area contributed by atoms with Crippen molar-refractivity contribution in [2.45, 2.75) is 53.4 Å². The van der Waals surface area contributed by atoms with Crippen LogP contribution in [-0.2, 0) is 9.59 Å². The van der Waals surface area contributed by atoms with Gasteiger partial charge in [-0.05, 0) is 36.5 Å². The van der Waals surface area contributed by atoms with Crippen molar-refractivity contribution >= 4 is 11.8 Å². The second-order valence-electron chi connectivity index (χ2n) is 5.70. The van der Waals surface area contributed by atoms with E-state index < -0.39 is 0 Å². The molecule has 1 aromatic carbocycles. The molecule has 1 atom stereocenters. The lowest BCUT2D eigenvalue weighted by molar-refractivity contribution is -0.132. The average molecular weight is 276 g/mol. The average Bonchev–Trinajstić information content (AvgIpc) is 2.34. The third-order valence-electron chi connectivity index (χ3n) is 3.42. The lowest BCUT2D eigenvalue weighted by atomic mass is 9.92. The summed E-state index contributed by atoms with van der Waals surface area (Å²) in [5, 5.41) is 0. The van der Waals surface area contributed by atoms with Crippen molar-refractivity contribution in [2.24, 2.45) is 5.92 Å². The molecule has 0 spiro atoms. The minimum absolute atomic E-state index is 0.0770. The fraction of sp³-hybridized carbons (Fsp3) is 0.529. The van der Waals surface area contributed by atoms with Gasteiger partial charge in [0, 0.05) is 19.3 Å². The van der Waals surface area contributed by atoms with Crippen molar-refractivity contribution in [3.63, 3.8) is 0 Å². The molecule has 1 aromatic rings. The lowest BCUT2D eigenvalue weighted by Crippen LogP contribution is -2.10. The second kappa shape index (κ2) is 7.22. The number of Topliss-reactive ketones (excluding diaryl/α,β-unsaturated/α-hetero) is 1. The van der Waals surface area contributed by atoms with E-state index in [0.29, 0.717) is 12.2 Å². The summed E-state index contributed by atoms with van der Waals surface area (Å²) in [6, 6.07) is 5.86. The molecule has 0 aliphatic heterocycles. The molecule has 0 saturated carbocycles. The van der Waals surface area contributed by atoms with Gasteiger partial charge in [0.25, 0.3) is 0 Å². The van der Waals surface area contributed by atoms with Crippen LogP contribution >= 0.6 is 0 Å². The summed E-state index contributed by atoms with van der Waals surface area (Å²) < 4.78 is 5.28. The minimum Gasteiger partial charge on any atom is -0.426 e. The van der Waals surface area contributed by atoms with Crippen molar-refractivity contribution in [1.82, 2.24) is 0 Å². The minimum atomic E-state index is -0.317. The third-order valence-corrected chi connectivity index (χ3v) is 3.42. The number of carbonyl (C=O) groups excluding carboxylic acids is 2. The molecule has 0 aromatic heterocycles. The Labute approximate surface area is 121 Å². The van der Waals surface area contributed by atoms with E-state index in [0.717, 1.165) is 17.5 Å². The Morgan fingerprint density at radius 1 is 1.20 bits per heavy atom. The zero-order valence-electron chi connectivity index (χ0n) is 13.0. The van der Waals surface area contributed by atoms with Crippen molar-refractivity contribution in [3.05, 3.63) is 29.3 Å². The Hall–Kier alpha value is -1.64. The van der Waals surface area contributed by atoms with Gasteiger partial charge in [0.1, 0.15) is 11.5 Å². The lowest BCUT2D eigenvalue weighted by Gasteiger charge is -2.16. The van der Waals surface area contributed by atoms with Crippen molar-refractivity contribution in [3.8, 4) is 5.75 Å². The van der Waals surface area contributed by atoms with Gasteiger partial charge in [-0.15, -0.1) is 0 Å². The monoisotopic (exact) mass is 276 g/mol. The highest BCUT2D eigenvalue weighted by atomic mass is 16.5. The van der Waals surface area contributed by atoms with Gasteiger partial charge in [0.05, 0.1) is 0 Å². The molecule has 0 aliphatic rings. The van der Waals surface area contributed by atoms with Gasteiger partial charge in [0.2, 0.25) is 0 Å². The third kappa shape index (κ3) is 4.80. The van der Waals surface area contributed by atoms with E-state index in [2.05, 4.69) is 6.92 Å². The number of rotatable bonds is 6. The molecule has 3 nitrogen and oxygen atoms in total. The molecular weight excluding hydrogens is 252 g/mol. The number of aryl methyl sites for hydroxylation is 1. The molecule has 0 aliphatic carbocycles. The highest BCUT2D eigenvalue weighted by molar-refractivity contribution is 5.80. The molecule has 0 radical (unpaired) electrons. The van der Waals surface area contributed by atoms with E-state index in [1.807, 2.05) is 39.0 Å². The maximum absolute atomic E-state index is 11.7. The van der Waals surface area contributed by atoms with E-state index in [9.17, 15) is 9.59 Å². The number of esters is 1. The summed E-state index contributed by atoms with van der Waals surface area (Å²) in [6.45, 7) is 9.26. The van der Waals surface area contributed by atoms with Crippen LogP contribution in [0.4, 0.5) is 0 Å². The molecule has 0 N–H and O–H groups in total. The molecule has 20 heavy (non-hydrogen) atoms. The molecule has 0 unspecified atom stereocenters. The SMILES string of the molecule is CC(=O)Oc1cc(C)ccc1[C@@H](C)CCC(=O)C(C)C. The van der Waals surface area contributed by atoms with E-state index in [-0.39, 0.29) is 23.6 Å². The number of hydrogen-bond acceptors (Lipinski definition) is 3. The topological polar surface area (TPSA) is 43.4 Å². The van der Waals surface area contributed by atoms with Gasteiger partial charge in [0.15, 0.2) is 0 Å². The molecule has 0 bridgehead atoms. The van der Waals surface area contributed by atoms with Gasteiger partial charge in [-0.1, -0.05) is 32.9 Å². The van der Waals surface area contributed by atoms with Crippen molar-refractivity contribution < 1.29 is 14.3 Å². The molecule has 0 fully saturated rings. The fourth-order valence-corrected chi connectivity index (χ4v) is 2.09. The van der Waals surface area contributed by atoms with Crippen molar-refractivity contribution in [2.75, 3.05) is 0 Å². The number of carbonyl (C=O) groups is 2. The van der Waals surface area contributed by atoms with Crippen molar-refractivity contribution in [1.29, 1.82) is 0 Å². The van der Waals surface area contributed by atoms with Crippen LogP contribution in [0.2, 0.25) is 0 Å². The number of hydrogen-bond donors (Lipinski definition) is 0. The largest absolute Gasteiger partial charge is 0.426 e. The van der Waals surface area contributed by atoms with Gasteiger partial charge in [-0.25, -0.2) is 0 Å². The van der Waals surface area contributed by atoms with Gasteiger partial charge in [-0.3, -0.25) is 9.59 Å². The number of ketones is 1. The first-order valence-electron chi connectivity index (χ1n) is 7.13. The molecule has 1 rings (SSSR count). The van der Waals surface area contributed by atoms with Crippen LogP contribution < -0.4 is 4.74 Å². The summed E-state index contributed by atoms with van der Waals surface area (Å²) in [4.78, 5) is 22.9. The quantitative estimate of drug-likeness (QED) is 0.582. The highest BCUT2D eigenvalue weighted by Crippen LogP contribution is 2.31. The summed E-state index contributed by atoms with van der Waals surface area (Å²) in [6.07, 6.45) is 1.33. The van der Waals surface area contributed by atoms with E-state index in [1.165, 1.54) is 6.92 Å². The molecule has 3 heteroatoms. The molecular formula is C17H24O3. The van der Waals surface area contributed by atoms with Crippen LogP contribution in [0.15, 0.2) is 18.2 Å². The van der Waals surface area contributed by atoms with Gasteiger partial charge in [-0.2, -0.15) is 0 Å². The van der Waals surface area contributed by atoms with Crippen LogP contribution in [0.3, 0.4) is 0 Å². The Bertz CT molecular complexity index is 489. The van der Waals surface area contributed by atoms with E-state index >= 15 is 0 Å². The summed E-state index contributed by atoms with van der Waals surface area (Å²) in [5.41, 5.74) is 2.04. The summed E-state index contributed by atoms with van der Waals surface area (Å²) in [5.74, 6) is 0.836. The maximum atomic E-state index is 11.7.